The number of benzene rings is 1. The summed E-state index contributed by atoms with van der Waals surface area (Å²) in [4.78, 5) is 31.7. The molecule has 0 atom stereocenters. The summed E-state index contributed by atoms with van der Waals surface area (Å²) in [5.41, 5.74) is 1.30. The Kier molecular flexibility index (Phi) is 3.59. The summed E-state index contributed by atoms with van der Waals surface area (Å²) in [7, 11) is 0. The molecule has 0 saturated heterocycles. The molecule has 2 N–H and O–H groups in total. The molecule has 0 aliphatic heterocycles. The van der Waals surface area contributed by atoms with E-state index in [1.54, 1.807) is 24.3 Å². The van der Waals surface area contributed by atoms with E-state index in [1.165, 1.54) is 18.6 Å². The van der Waals surface area contributed by atoms with E-state index < -0.39 is 0 Å². The molecular formula is C15H14N4O2. The third-order valence-electron chi connectivity index (χ3n) is 3.09. The first-order valence-electron chi connectivity index (χ1n) is 6.70. The molecule has 106 valence electrons. The van der Waals surface area contributed by atoms with E-state index in [9.17, 15) is 9.59 Å². The van der Waals surface area contributed by atoms with E-state index in [4.69, 9.17) is 0 Å². The van der Waals surface area contributed by atoms with Gasteiger partial charge in [-0.1, -0.05) is 6.07 Å². The van der Waals surface area contributed by atoms with Gasteiger partial charge in [0.15, 0.2) is 0 Å². The molecule has 0 unspecified atom stereocenters. The van der Waals surface area contributed by atoms with Crippen molar-refractivity contribution in [3.8, 4) is 0 Å². The van der Waals surface area contributed by atoms with Crippen LogP contribution in [0.2, 0.25) is 0 Å². The lowest BCUT2D eigenvalue weighted by Gasteiger charge is -2.07. The molecule has 1 aliphatic carbocycles. The van der Waals surface area contributed by atoms with Crippen LogP contribution in [0, 0.1) is 0 Å². The minimum absolute atomic E-state index is 0.117. The molecule has 1 aromatic carbocycles. The van der Waals surface area contributed by atoms with Crippen molar-refractivity contribution < 1.29 is 9.59 Å². The lowest BCUT2D eigenvalue weighted by molar-refractivity contribution is 0.0949. The zero-order chi connectivity index (χ0) is 14.7. The molecule has 1 aromatic heterocycles. The number of rotatable bonds is 4. The van der Waals surface area contributed by atoms with Gasteiger partial charge >= 0.3 is 0 Å². The molecular weight excluding hydrogens is 268 g/mol. The number of hydrogen-bond acceptors (Lipinski definition) is 4. The third-order valence-corrected chi connectivity index (χ3v) is 3.09. The first-order chi connectivity index (χ1) is 10.2. The molecule has 6 nitrogen and oxygen atoms in total. The summed E-state index contributed by atoms with van der Waals surface area (Å²) < 4.78 is 0. The Morgan fingerprint density at radius 2 is 2.00 bits per heavy atom. The molecule has 0 bridgehead atoms. The average Bonchev–Trinajstić information content (AvgIpc) is 3.32. The molecule has 2 amide bonds. The first kappa shape index (κ1) is 13.2. The second-order valence-corrected chi connectivity index (χ2v) is 4.87. The van der Waals surface area contributed by atoms with Gasteiger partial charge in [0.2, 0.25) is 0 Å². The Balaban J connectivity index is 1.70. The zero-order valence-corrected chi connectivity index (χ0v) is 11.2. The van der Waals surface area contributed by atoms with Crippen molar-refractivity contribution >= 4 is 17.5 Å². The summed E-state index contributed by atoms with van der Waals surface area (Å²) in [5, 5.41) is 5.61. The number of hydrogen-bond donors (Lipinski definition) is 2. The van der Waals surface area contributed by atoms with Crippen LogP contribution in [0.15, 0.2) is 42.9 Å². The van der Waals surface area contributed by atoms with Crippen LogP contribution in [-0.2, 0) is 0 Å². The molecule has 2 aromatic rings. The van der Waals surface area contributed by atoms with Crippen molar-refractivity contribution in [1.29, 1.82) is 0 Å². The molecule has 1 saturated carbocycles. The lowest BCUT2D eigenvalue weighted by atomic mass is 10.2. The summed E-state index contributed by atoms with van der Waals surface area (Å²) in [6, 6.07) is 7.12. The number of nitrogens with zero attached hydrogens (tertiary/aromatic N) is 2. The number of carbonyl (C=O) groups is 2. The van der Waals surface area contributed by atoms with Crippen LogP contribution < -0.4 is 10.6 Å². The van der Waals surface area contributed by atoms with Crippen molar-refractivity contribution in [1.82, 2.24) is 15.3 Å². The highest BCUT2D eigenvalue weighted by Gasteiger charge is 2.23. The van der Waals surface area contributed by atoms with Gasteiger partial charge in [0.1, 0.15) is 5.69 Å². The van der Waals surface area contributed by atoms with Crippen LogP contribution in [0.3, 0.4) is 0 Å². The number of aromatic nitrogens is 2. The fourth-order valence-corrected chi connectivity index (χ4v) is 1.85. The Morgan fingerprint density at radius 1 is 1.14 bits per heavy atom. The van der Waals surface area contributed by atoms with Crippen molar-refractivity contribution in [3.63, 3.8) is 0 Å². The van der Waals surface area contributed by atoms with Crippen LogP contribution >= 0.6 is 0 Å². The van der Waals surface area contributed by atoms with Gasteiger partial charge in [-0.05, 0) is 31.0 Å². The van der Waals surface area contributed by atoms with Crippen LogP contribution in [0.4, 0.5) is 5.69 Å². The average molecular weight is 282 g/mol. The van der Waals surface area contributed by atoms with Gasteiger partial charge in [0, 0.05) is 29.7 Å². The van der Waals surface area contributed by atoms with Gasteiger partial charge in [-0.2, -0.15) is 0 Å². The van der Waals surface area contributed by atoms with Gasteiger partial charge in [-0.15, -0.1) is 0 Å². The Labute approximate surface area is 121 Å². The number of nitrogens with one attached hydrogen (secondary N) is 2. The highest BCUT2D eigenvalue weighted by Crippen LogP contribution is 2.20. The molecule has 0 spiro atoms. The summed E-state index contributed by atoms with van der Waals surface area (Å²) in [6.45, 7) is 0. The first-order valence-corrected chi connectivity index (χ1v) is 6.70. The van der Waals surface area contributed by atoms with E-state index in [1.807, 2.05) is 0 Å². The zero-order valence-electron chi connectivity index (χ0n) is 11.2. The summed E-state index contributed by atoms with van der Waals surface area (Å²) in [6.07, 6.45) is 6.41. The fraction of sp³-hybridized carbons (Fsp3) is 0.200. The molecule has 3 rings (SSSR count). The Morgan fingerprint density at radius 3 is 2.71 bits per heavy atom. The Hall–Kier alpha value is -2.76. The van der Waals surface area contributed by atoms with E-state index in [0.29, 0.717) is 17.3 Å². The third kappa shape index (κ3) is 3.42. The van der Waals surface area contributed by atoms with Crippen LogP contribution in [0.25, 0.3) is 0 Å². The summed E-state index contributed by atoms with van der Waals surface area (Å²) in [5.74, 6) is -0.476. The smallest absolute Gasteiger partial charge is 0.275 e. The fourth-order valence-electron chi connectivity index (χ4n) is 1.85. The number of amides is 2. The van der Waals surface area contributed by atoms with Gasteiger partial charge in [-0.3, -0.25) is 14.6 Å². The van der Waals surface area contributed by atoms with Crippen LogP contribution in [0.5, 0.6) is 0 Å². The van der Waals surface area contributed by atoms with E-state index in [2.05, 4.69) is 20.6 Å². The second-order valence-electron chi connectivity index (χ2n) is 4.87. The highest BCUT2D eigenvalue weighted by atomic mass is 16.2. The lowest BCUT2D eigenvalue weighted by Crippen LogP contribution is -2.25. The maximum atomic E-state index is 12.0. The molecule has 0 radical (unpaired) electrons. The van der Waals surface area contributed by atoms with Crippen molar-refractivity contribution in [2.75, 3.05) is 5.32 Å². The molecule has 1 fully saturated rings. The molecule has 6 heteroatoms. The van der Waals surface area contributed by atoms with Gasteiger partial charge in [-0.25, -0.2) is 4.98 Å². The minimum atomic E-state index is -0.358. The highest BCUT2D eigenvalue weighted by molar-refractivity contribution is 6.03. The Bertz CT molecular complexity index is 668. The molecule has 21 heavy (non-hydrogen) atoms. The topological polar surface area (TPSA) is 84.0 Å². The predicted octanol–water partition coefficient (Wildman–Crippen LogP) is 1.62. The quantitative estimate of drug-likeness (QED) is 0.892. The van der Waals surface area contributed by atoms with E-state index >= 15 is 0 Å². The van der Waals surface area contributed by atoms with Gasteiger partial charge < -0.3 is 10.6 Å². The SMILES string of the molecule is O=C(NC1CC1)c1cccc(NC(=O)c2cnccn2)c1. The number of carbonyl (C=O) groups excluding carboxylic acids is 2. The van der Waals surface area contributed by atoms with Crippen molar-refractivity contribution in [2.24, 2.45) is 0 Å². The van der Waals surface area contributed by atoms with Gasteiger partial charge in [0.25, 0.3) is 11.8 Å². The van der Waals surface area contributed by atoms with Crippen molar-refractivity contribution in [3.05, 3.63) is 54.1 Å². The second kappa shape index (κ2) is 5.70. The predicted molar refractivity (Wildman–Crippen MR) is 76.9 cm³/mol. The summed E-state index contributed by atoms with van der Waals surface area (Å²) >= 11 is 0. The van der Waals surface area contributed by atoms with E-state index in [-0.39, 0.29) is 17.5 Å². The van der Waals surface area contributed by atoms with Crippen molar-refractivity contribution in [2.45, 2.75) is 18.9 Å². The van der Waals surface area contributed by atoms with Crippen LogP contribution in [0.1, 0.15) is 33.7 Å². The van der Waals surface area contributed by atoms with Gasteiger partial charge in [0.05, 0.1) is 6.20 Å². The molecule has 1 aliphatic rings. The normalized spacial score (nSPS) is 13.5. The van der Waals surface area contributed by atoms with Crippen LogP contribution in [-0.4, -0.2) is 27.8 Å². The maximum absolute atomic E-state index is 12.0. The number of anilines is 1. The monoisotopic (exact) mass is 282 g/mol. The molecule has 1 heterocycles. The van der Waals surface area contributed by atoms with E-state index in [0.717, 1.165) is 12.8 Å². The largest absolute Gasteiger partial charge is 0.349 e. The standard InChI is InChI=1S/C15H14N4O2/c20-14(18-11-4-5-11)10-2-1-3-12(8-10)19-15(21)13-9-16-6-7-17-13/h1-3,6-9,11H,4-5H2,(H,18,20)(H,19,21). The maximum Gasteiger partial charge on any atom is 0.275 e. The minimum Gasteiger partial charge on any atom is -0.349 e.